The minimum Gasteiger partial charge on any atom is -0.490 e. The van der Waals surface area contributed by atoms with E-state index in [9.17, 15) is 0 Å². The van der Waals surface area contributed by atoms with Crippen LogP contribution in [0.4, 0.5) is 0 Å². The van der Waals surface area contributed by atoms with Gasteiger partial charge in [0.2, 0.25) is 0 Å². The Morgan fingerprint density at radius 1 is 1.38 bits per heavy atom. The maximum absolute atomic E-state index is 5.89. The molecule has 0 fully saturated rings. The molecule has 0 aliphatic carbocycles. The third kappa shape index (κ3) is 1.72. The summed E-state index contributed by atoms with van der Waals surface area (Å²) in [7, 11) is 0. The average molecular weight is 241 g/mol. The quantitative estimate of drug-likeness (QED) is 0.757. The van der Waals surface area contributed by atoms with Crippen molar-refractivity contribution in [1.82, 2.24) is 0 Å². The molecule has 0 spiro atoms. The van der Waals surface area contributed by atoms with Crippen molar-refractivity contribution in [1.29, 1.82) is 0 Å². The lowest BCUT2D eigenvalue weighted by Crippen LogP contribution is -2.10. The number of hydrogen-bond donors (Lipinski definition) is 1. The Kier molecular flexibility index (Phi) is 3.30. The van der Waals surface area contributed by atoms with Crippen LogP contribution in [-0.4, -0.2) is 6.61 Å². The number of rotatable bonds is 0. The summed E-state index contributed by atoms with van der Waals surface area (Å²) in [5, 5.41) is 0.964. The van der Waals surface area contributed by atoms with Gasteiger partial charge in [0.15, 0.2) is 0 Å². The number of fused-ring (bicyclic) bond motifs is 1. The average Bonchev–Trinajstić information content (AvgIpc) is 2.41. The third-order valence-electron chi connectivity index (χ3n) is 1.89. The summed E-state index contributed by atoms with van der Waals surface area (Å²) < 4.78 is 5.28. The molecular weight excluding hydrogens is 232 g/mol. The van der Waals surface area contributed by atoms with Crippen LogP contribution in [0.15, 0.2) is 12.1 Å². The number of halogens is 3. The lowest BCUT2D eigenvalue weighted by molar-refractivity contribution is 0.333. The van der Waals surface area contributed by atoms with Gasteiger partial charge in [0.25, 0.3) is 0 Å². The van der Waals surface area contributed by atoms with Crippen LogP contribution < -0.4 is 10.5 Å². The van der Waals surface area contributed by atoms with E-state index >= 15 is 0 Å². The van der Waals surface area contributed by atoms with Gasteiger partial charge in [-0.15, -0.1) is 12.4 Å². The minimum absolute atomic E-state index is 0. The molecule has 1 heterocycles. The van der Waals surface area contributed by atoms with Crippen LogP contribution in [0, 0.1) is 0 Å². The number of hydrogen-bond acceptors (Lipinski definition) is 2. The summed E-state index contributed by atoms with van der Waals surface area (Å²) in [6.07, 6.45) is 0. The van der Waals surface area contributed by atoms with Crippen LogP contribution in [-0.2, 0) is 0 Å². The van der Waals surface area contributed by atoms with Crippen molar-refractivity contribution < 1.29 is 4.74 Å². The molecule has 1 aliphatic heterocycles. The fourth-order valence-corrected chi connectivity index (χ4v) is 1.62. The Labute approximate surface area is 92.4 Å². The molecule has 1 atom stereocenters. The Bertz CT molecular complexity index is 329. The van der Waals surface area contributed by atoms with Gasteiger partial charge < -0.3 is 10.5 Å². The summed E-state index contributed by atoms with van der Waals surface area (Å²) in [5.74, 6) is 0.636. The van der Waals surface area contributed by atoms with Crippen molar-refractivity contribution in [2.45, 2.75) is 6.04 Å². The van der Waals surface area contributed by atoms with E-state index in [1.54, 1.807) is 6.07 Å². The van der Waals surface area contributed by atoms with Crippen LogP contribution in [0.25, 0.3) is 0 Å². The third-order valence-corrected chi connectivity index (χ3v) is 2.67. The van der Waals surface area contributed by atoms with Gasteiger partial charge in [-0.2, -0.15) is 0 Å². The second-order valence-electron chi connectivity index (χ2n) is 2.70. The van der Waals surface area contributed by atoms with E-state index in [-0.39, 0.29) is 18.4 Å². The van der Waals surface area contributed by atoms with Gasteiger partial charge in [0.05, 0.1) is 11.1 Å². The van der Waals surface area contributed by atoms with Crippen LogP contribution in [0.5, 0.6) is 5.75 Å². The number of ether oxygens (including phenoxy) is 1. The summed E-state index contributed by atoms with van der Waals surface area (Å²) >= 11 is 11.7. The highest BCUT2D eigenvalue weighted by atomic mass is 35.5. The van der Waals surface area contributed by atoms with E-state index in [0.717, 1.165) is 5.56 Å². The topological polar surface area (TPSA) is 35.2 Å². The molecule has 0 amide bonds. The molecule has 1 unspecified atom stereocenters. The molecule has 13 heavy (non-hydrogen) atoms. The highest BCUT2D eigenvalue weighted by Gasteiger charge is 2.23. The maximum Gasteiger partial charge on any atom is 0.144 e. The summed E-state index contributed by atoms with van der Waals surface area (Å²) in [5.41, 5.74) is 6.67. The Balaban J connectivity index is 0.000000845. The highest BCUT2D eigenvalue weighted by Crippen LogP contribution is 2.41. The Morgan fingerprint density at radius 2 is 2.08 bits per heavy atom. The zero-order chi connectivity index (χ0) is 8.72. The normalized spacial score (nSPS) is 18.8. The van der Waals surface area contributed by atoms with Gasteiger partial charge in [-0.1, -0.05) is 29.3 Å². The van der Waals surface area contributed by atoms with Crippen molar-refractivity contribution in [3.8, 4) is 5.75 Å². The van der Waals surface area contributed by atoms with Crippen LogP contribution >= 0.6 is 35.6 Å². The summed E-state index contributed by atoms with van der Waals surface area (Å²) in [6, 6.07) is 3.51. The van der Waals surface area contributed by atoms with Crippen molar-refractivity contribution in [3.05, 3.63) is 27.7 Å². The first-order valence-corrected chi connectivity index (χ1v) is 4.32. The number of benzene rings is 1. The van der Waals surface area contributed by atoms with E-state index in [2.05, 4.69) is 0 Å². The molecule has 72 valence electrons. The van der Waals surface area contributed by atoms with Crippen molar-refractivity contribution >= 4 is 35.6 Å². The standard InChI is InChI=1S/C8H7Cl2NO.ClH/c9-5-2-1-4-6(11)3-12-8(4)7(5)10;/h1-2,6H,3,11H2;1H. The first kappa shape index (κ1) is 10.9. The van der Waals surface area contributed by atoms with E-state index in [1.807, 2.05) is 6.07 Å². The first-order valence-electron chi connectivity index (χ1n) is 3.56. The van der Waals surface area contributed by atoms with Crippen LogP contribution in [0.1, 0.15) is 11.6 Å². The monoisotopic (exact) mass is 239 g/mol. The molecule has 2 rings (SSSR count). The molecule has 0 radical (unpaired) electrons. The first-order chi connectivity index (χ1) is 5.70. The lowest BCUT2D eigenvalue weighted by atomic mass is 10.1. The van der Waals surface area contributed by atoms with Crippen molar-refractivity contribution in [2.24, 2.45) is 5.73 Å². The molecule has 2 N–H and O–H groups in total. The van der Waals surface area contributed by atoms with Gasteiger partial charge >= 0.3 is 0 Å². The second-order valence-corrected chi connectivity index (χ2v) is 3.48. The largest absolute Gasteiger partial charge is 0.490 e. The van der Waals surface area contributed by atoms with E-state index in [4.69, 9.17) is 33.7 Å². The fraction of sp³-hybridized carbons (Fsp3) is 0.250. The van der Waals surface area contributed by atoms with Gasteiger partial charge in [-0.25, -0.2) is 0 Å². The zero-order valence-electron chi connectivity index (χ0n) is 6.59. The summed E-state index contributed by atoms with van der Waals surface area (Å²) in [6.45, 7) is 0.482. The second kappa shape index (κ2) is 3.93. The minimum atomic E-state index is -0.0743. The van der Waals surface area contributed by atoms with Crippen LogP contribution in [0.3, 0.4) is 0 Å². The number of nitrogens with two attached hydrogens (primary N) is 1. The predicted octanol–water partition coefficient (Wildman–Crippen LogP) is 2.81. The molecule has 0 saturated carbocycles. The molecule has 1 aromatic rings. The van der Waals surface area contributed by atoms with E-state index in [1.165, 1.54) is 0 Å². The Morgan fingerprint density at radius 3 is 2.77 bits per heavy atom. The smallest absolute Gasteiger partial charge is 0.144 e. The molecule has 1 aliphatic rings. The lowest BCUT2D eigenvalue weighted by Gasteiger charge is -2.03. The van der Waals surface area contributed by atoms with Crippen molar-refractivity contribution in [3.63, 3.8) is 0 Å². The Hall–Kier alpha value is -0.150. The molecule has 0 saturated heterocycles. The maximum atomic E-state index is 5.89. The van der Waals surface area contributed by atoms with Crippen LogP contribution in [0.2, 0.25) is 10.0 Å². The summed E-state index contributed by atoms with van der Waals surface area (Å²) in [4.78, 5) is 0. The molecular formula is C8H8Cl3NO. The molecule has 0 bridgehead atoms. The van der Waals surface area contributed by atoms with Gasteiger partial charge in [-0.05, 0) is 6.07 Å². The van der Waals surface area contributed by atoms with E-state index < -0.39 is 0 Å². The zero-order valence-corrected chi connectivity index (χ0v) is 8.92. The van der Waals surface area contributed by atoms with Gasteiger partial charge in [-0.3, -0.25) is 0 Å². The highest BCUT2D eigenvalue weighted by molar-refractivity contribution is 6.43. The molecule has 5 heteroatoms. The molecule has 2 nitrogen and oxygen atoms in total. The SMILES string of the molecule is Cl.NC1COc2c1ccc(Cl)c2Cl. The van der Waals surface area contributed by atoms with Gasteiger partial charge in [0.1, 0.15) is 17.4 Å². The van der Waals surface area contributed by atoms with E-state index in [0.29, 0.717) is 22.4 Å². The predicted molar refractivity (Wildman–Crippen MR) is 56.1 cm³/mol. The van der Waals surface area contributed by atoms with Gasteiger partial charge in [0, 0.05) is 5.56 Å². The fourth-order valence-electron chi connectivity index (χ4n) is 1.25. The van der Waals surface area contributed by atoms with Crippen molar-refractivity contribution in [2.75, 3.05) is 6.61 Å². The molecule has 0 aromatic heterocycles. The molecule has 1 aromatic carbocycles.